The van der Waals surface area contributed by atoms with Gasteiger partial charge in [0.1, 0.15) is 0 Å². The SMILES string of the molecule is C1=CC2C3CC(C2C1)C1CC2OC2CC31.C1=CC2C3CC(C2C1)C1CC=CCC31.C1=CCC2C(C1)C1CC2C2C1CC1OC12.C1C2OC2CC2C1C1CC2C2C1CC1OC12. The molecule has 32 atom stereocenters. The number of epoxide rings is 4. The van der Waals surface area contributed by atoms with Crippen molar-refractivity contribution in [3.8, 4) is 0 Å². The van der Waals surface area contributed by atoms with Crippen LogP contribution in [0.5, 0.6) is 0 Å². The minimum atomic E-state index is 0.677. The highest BCUT2D eigenvalue weighted by atomic mass is 16.6. The summed E-state index contributed by atoms with van der Waals surface area (Å²) in [6, 6.07) is 0. The first-order chi connectivity index (χ1) is 29.7. The molecule has 4 nitrogen and oxygen atoms in total. The Hall–Kier alpha value is -1.20. The van der Waals surface area contributed by atoms with Crippen molar-refractivity contribution in [1.29, 1.82) is 0 Å². The highest BCUT2D eigenvalue weighted by molar-refractivity contribution is 5.22. The second-order valence-electron chi connectivity index (χ2n) is 25.9. The molecule has 0 aromatic heterocycles. The van der Waals surface area contributed by atoms with Gasteiger partial charge in [-0.25, -0.2) is 0 Å². The third-order valence-corrected chi connectivity index (χ3v) is 24.8. The Balaban J connectivity index is 0.0000000714. The lowest BCUT2D eigenvalue weighted by Crippen LogP contribution is -2.38. The fourth-order valence-corrected chi connectivity index (χ4v) is 23.0. The van der Waals surface area contributed by atoms with Gasteiger partial charge in [-0.2, -0.15) is 0 Å². The van der Waals surface area contributed by atoms with Gasteiger partial charge in [0.05, 0.1) is 48.8 Å². The van der Waals surface area contributed by atoms with Gasteiger partial charge in [0, 0.05) is 0 Å². The van der Waals surface area contributed by atoms with E-state index in [9.17, 15) is 0 Å². The molecule has 16 fully saturated rings. The minimum absolute atomic E-state index is 0.677. The number of hydrogen-bond acceptors (Lipinski definition) is 4. The van der Waals surface area contributed by atoms with Crippen LogP contribution < -0.4 is 0 Å². The van der Waals surface area contributed by atoms with Crippen molar-refractivity contribution in [1.82, 2.24) is 0 Å². The maximum atomic E-state index is 5.81. The van der Waals surface area contributed by atoms with Crippen molar-refractivity contribution in [2.24, 2.45) is 142 Å². The Morgan fingerprint density at radius 1 is 0.233 bits per heavy atom. The van der Waals surface area contributed by atoms with E-state index >= 15 is 0 Å². The highest BCUT2D eigenvalue weighted by Crippen LogP contribution is 2.72. The largest absolute Gasteiger partial charge is 0.370 e. The fraction of sp³-hybridized carbons (Fsp3) is 0.857. The van der Waals surface area contributed by atoms with Crippen LogP contribution >= 0.6 is 0 Å². The van der Waals surface area contributed by atoms with E-state index in [-0.39, 0.29) is 0 Å². The Morgan fingerprint density at radius 3 is 1.07 bits per heavy atom. The van der Waals surface area contributed by atoms with E-state index in [2.05, 4.69) is 48.6 Å². The van der Waals surface area contributed by atoms with Crippen molar-refractivity contribution in [2.45, 2.75) is 152 Å². The predicted octanol–water partition coefficient (Wildman–Crippen LogP) is 10.5. The molecule has 32 unspecified atom stereocenters. The second-order valence-corrected chi connectivity index (χ2v) is 25.9. The van der Waals surface area contributed by atoms with Crippen LogP contribution in [-0.2, 0) is 18.9 Å². The molecule has 20 rings (SSSR count). The summed E-state index contributed by atoms with van der Waals surface area (Å²) in [6.07, 6.45) is 48.4. The molecule has 60 heavy (non-hydrogen) atoms. The Kier molecular flexibility index (Phi) is 7.24. The van der Waals surface area contributed by atoms with Crippen LogP contribution in [0.4, 0.5) is 0 Å². The topological polar surface area (TPSA) is 50.1 Å². The number of ether oxygens (including phenoxy) is 4. The summed E-state index contributed by atoms with van der Waals surface area (Å²) < 4.78 is 23.1. The second kappa shape index (κ2) is 12.4. The van der Waals surface area contributed by atoms with Crippen LogP contribution in [-0.4, -0.2) is 48.8 Å². The number of hydrogen-bond donors (Lipinski definition) is 0. The smallest absolute Gasteiger partial charge is 0.0875 e. The van der Waals surface area contributed by atoms with Gasteiger partial charge in [-0.3, -0.25) is 0 Å². The first-order valence-corrected chi connectivity index (χ1v) is 26.9. The predicted molar refractivity (Wildman–Crippen MR) is 229 cm³/mol. The number of rotatable bonds is 0. The molecular formula is C56H72O4. The number of allylic oxidation sites excluding steroid dienone is 8. The van der Waals surface area contributed by atoms with Crippen molar-refractivity contribution in [3.63, 3.8) is 0 Å². The van der Waals surface area contributed by atoms with E-state index in [0.717, 1.165) is 148 Å². The third kappa shape index (κ3) is 4.76. The van der Waals surface area contributed by atoms with Gasteiger partial charge < -0.3 is 18.9 Å². The molecule has 0 spiro atoms. The zero-order chi connectivity index (χ0) is 38.3. The van der Waals surface area contributed by atoms with Gasteiger partial charge in [0.15, 0.2) is 0 Å². The molecule has 16 aliphatic carbocycles. The van der Waals surface area contributed by atoms with Gasteiger partial charge in [0.2, 0.25) is 0 Å². The normalized spacial score (nSPS) is 67.7. The van der Waals surface area contributed by atoms with Crippen molar-refractivity contribution >= 4 is 0 Å². The van der Waals surface area contributed by atoms with E-state index in [1.165, 1.54) is 77.0 Å². The van der Waals surface area contributed by atoms with Crippen LogP contribution in [0.15, 0.2) is 48.6 Å². The molecule has 0 aromatic rings. The van der Waals surface area contributed by atoms with E-state index in [1.807, 2.05) is 0 Å². The number of fused-ring (bicyclic) bond motifs is 38. The molecule has 8 bridgehead atoms. The van der Waals surface area contributed by atoms with Gasteiger partial charge in [-0.05, 0) is 245 Å². The average Bonchev–Trinajstić information content (AvgIpc) is 3.91. The lowest BCUT2D eigenvalue weighted by atomic mass is 9.64. The highest BCUT2D eigenvalue weighted by Gasteiger charge is 2.72. The van der Waals surface area contributed by atoms with Gasteiger partial charge >= 0.3 is 0 Å². The van der Waals surface area contributed by atoms with Crippen molar-refractivity contribution in [3.05, 3.63) is 48.6 Å². The fourth-order valence-electron chi connectivity index (χ4n) is 23.0. The zero-order valence-corrected chi connectivity index (χ0v) is 36.0. The standard InChI is InChI=1S/C14H18O2.2C14H18O.C14H18/c1-5-6-2-10-11(15-10)3-7(6)8(1)13-9(5)4-12-14(13)16-12;1-2-7-8(3-1)10-4-9(7)11-5-13-14(15-13)6-12(10)11;1-2-4-8-7(3-1)9-5-10(8)13-11(9)6-12-14(13)15-12;1-2-5-10-9(4-1)13-8-14(10)12-7-3-6-11(12)13/h5-14H,1-4H2;2*1-2,7-14H,3-6H2;1-3,6,9-14H,4-5,7-8H2. The summed E-state index contributed by atoms with van der Waals surface area (Å²) in [5, 5.41) is 0. The molecule has 20 aliphatic rings. The average molecular weight is 809 g/mol. The summed E-state index contributed by atoms with van der Waals surface area (Å²) in [6.45, 7) is 0. The van der Waals surface area contributed by atoms with Crippen LogP contribution in [0.3, 0.4) is 0 Å². The molecule has 320 valence electrons. The van der Waals surface area contributed by atoms with E-state index in [0.29, 0.717) is 42.7 Å². The maximum Gasteiger partial charge on any atom is 0.0875 e. The summed E-state index contributed by atoms with van der Waals surface area (Å²) >= 11 is 0. The summed E-state index contributed by atoms with van der Waals surface area (Å²) in [5.74, 6) is 25.1. The molecule has 0 amide bonds. The molecule has 4 heteroatoms. The summed E-state index contributed by atoms with van der Waals surface area (Å²) in [5.41, 5.74) is 0. The maximum absolute atomic E-state index is 5.81. The molecule has 0 radical (unpaired) electrons. The summed E-state index contributed by atoms with van der Waals surface area (Å²) in [4.78, 5) is 0. The van der Waals surface area contributed by atoms with Crippen molar-refractivity contribution in [2.75, 3.05) is 0 Å². The van der Waals surface area contributed by atoms with Gasteiger partial charge in [0.25, 0.3) is 0 Å². The van der Waals surface area contributed by atoms with Crippen LogP contribution in [0.1, 0.15) is 103 Å². The Morgan fingerprint density at radius 2 is 0.533 bits per heavy atom. The summed E-state index contributed by atoms with van der Waals surface area (Å²) in [7, 11) is 0. The van der Waals surface area contributed by atoms with E-state index in [1.54, 1.807) is 25.7 Å². The van der Waals surface area contributed by atoms with Gasteiger partial charge in [-0.1, -0.05) is 48.6 Å². The molecular weight excluding hydrogens is 737 g/mol. The lowest BCUT2D eigenvalue weighted by molar-refractivity contribution is 0.0502. The minimum Gasteiger partial charge on any atom is -0.370 e. The molecule has 0 N–H and O–H groups in total. The third-order valence-electron chi connectivity index (χ3n) is 24.8. The quantitative estimate of drug-likeness (QED) is 0.181. The molecule has 12 saturated carbocycles. The molecule has 4 saturated heterocycles. The zero-order valence-electron chi connectivity index (χ0n) is 36.0. The Labute approximate surface area is 359 Å². The molecule has 0 aromatic carbocycles. The van der Waals surface area contributed by atoms with E-state index < -0.39 is 0 Å². The first-order valence-electron chi connectivity index (χ1n) is 26.9. The van der Waals surface area contributed by atoms with Gasteiger partial charge in [-0.15, -0.1) is 0 Å². The Bertz CT molecular complexity index is 1930. The van der Waals surface area contributed by atoms with Crippen LogP contribution in [0, 0.1) is 142 Å². The lowest BCUT2D eigenvalue weighted by Gasteiger charge is -2.40. The monoisotopic (exact) mass is 809 g/mol. The van der Waals surface area contributed by atoms with Crippen LogP contribution in [0.2, 0.25) is 0 Å². The van der Waals surface area contributed by atoms with Crippen molar-refractivity contribution < 1.29 is 18.9 Å². The van der Waals surface area contributed by atoms with E-state index in [4.69, 9.17) is 18.9 Å². The first kappa shape index (κ1) is 35.1. The molecule has 4 heterocycles. The van der Waals surface area contributed by atoms with Crippen LogP contribution in [0.25, 0.3) is 0 Å². The molecule has 4 aliphatic heterocycles.